The van der Waals surface area contributed by atoms with Crippen molar-refractivity contribution in [3.05, 3.63) is 67.5 Å². The number of imidazole rings is 1. The summed E-state index contributed by atoms with van der Waals surface area (Å²) in [5.41, 5.74) is 7.34. The van der Waals surface area contributed by atoms with Crippen LogP contribution in [0.1, 0.15) is 26.2 Å². The number of unbranched alkanes of at least 4 members (excludes halogenated alkanes) is 1. The Kier molecular flexibility index (Phi) is 5.49. The molecule has 6 rings (SSSR count). The van der Waals surface area contributed by atoms with Crippen molar-refractivity contribution in [1.29, 1.82) is 0 Å². The van der Waals surface area contributed by atoms with Gasteiger partial charge in [-0.3, -0.25) is 19.9 Å². The largest absolute Gasteiger partial charge is 0.472 e. The van der Waals surface area contributed by atoms with Gasteiger partial charge in [0, 0.05) is 35.3 Å². The number of rotatable bonds is 7. The number of pyridine rings is 2. The molecule has 5 aromatic heterocycles. The van der Waals surface area contributed by atoms with Crippen molar-refractivity contribution < 1.29 is 9.21 Å². The monoisotopic (exact) mass is 477 g/mol. The number of furan rings is 1. The van der Waals surface area contributed by atoms with E-state index < -0.39 is 0 Å². The summed E-state index contributed by atoms with van der Waals surface area (Å²) in [6, 6.07) is 11.7. The van der Waals surface area contributed by atoms with Crippen molar-refractivity contribution in [2.24, 2.45) is 0 Å². The lowest BCUT2D eigenvalue weighted by Gasteiger charge is -2.07. The number of fused-ring (bicyclic) bond motifs is 2. The normalized spacial score (nSPS) is 11.4. The van der Waals surface area contributed by atoms with Gasteiger partial charge in [-0.15, -0.1) is 0 Å². The summed E-state index contributed by atoms with van der Waals surface area (Å²) < 4.78 is 5.23. The zero-order valence-electron chi connectivity index (χ0n) is 19.6. The first-order valence-electron chi connectivity index (χ1n) is 11.8. The minimum Gasteiger partial charge on any atom is -0.472 e. The van der Waals surface area contributed by atoms with Crippen molar-refractivity contribution >= 4 is 33.5 Å². The van der Waals surface area contributed by atoms with Gasteiger partial charge in [0.1, 0.15) is 16.9 Å². The van der Waals surface area contributed by atoms with Gasteiger partial charge in [-0.05, 0) is 42.3 Å². The van der Waals surface area contributed by atoms with Crippen molar-refractivity contribution in [3.8, 4) is 33.9 Å². The van der Waals surface area contributed by atoms with Gasteiger partial charge in [0.2, 0.25) is 5.91 Å². The van der Waals surface area contributed by atoms with Crippen LogP contribution in [0.3, 0.4) is 0 Å². The van der Waals surface area contributed by atoms with Crippen LogP contribution >= 0.6 is 0 Å². The number of carbonyl (C=O) groups excluding carboxylic acids is 1. The zero-order chi connectivity index (χ0) is 24.5. The number of hydrogen-bond donors (Lipinski definition) is 3. The smallest absolute Gasteiger partial charge is 0.224 e. The maximum absolute atomic E-state index is 12.2. The molecule has 178 valence electrons. The number of nitrogens with one attached hydrogen (secondary N) is 3. The predicted molar refractivity (Wildman–Crippen MR) is 138 cm³/mol. The lowest BCUT2D eigenvalue weighted by Crippen LogP contribution is -2.11. The number of H-pyrrole nitrogens is 2. The van der Waals surface area contributed by atoms with E-state index >= 15 is 0 Å². The molecule has 0 unspecified atom stereocenters. The van der Waals surface area contributed by atoms with Crippen LogP contribution in [0, 0.1) is 0 Å². The molecule has 9 heteroatoms. The van der Waals surface area contributed by atoms with Crippen LogP contribution < -0.4 is 5.32 Å². The number of aromatic nitrogens is 6. The van der Waals surface area contributed by atoms with Gasteiger partial charge in [-0.25, -0.2) is 4.98 Å². The minimum atomic E-state index is -0.00228. The van der Waals surface area contributed by atoms with E-state index in [-0.39, 0.29) is 5.91 Å². The summed E-state index contributed by atoms with van der Waals surface area (Å²) in [5.74, 6) is 0.638. The van der Waals surface area contributed by atoms with E-state index in [0.29, 0.717) is 23.6 Å². The summed E-state index contributed by atoms with van der Waals surface area (Å²) >= 11 is 0. The summed E-state index contributed by atoms with van der Waals surface area (Å²) in [7, 11) is 0. The second-order valence-corrected chi connectivity index (χ2v) is 8.60. The number of aromatic amines is 2. The van der Waals surface area contributed by atoms with Crippen molar-refractivity contribution in [2.45, 2.75) is 26.2 Å². The quantitative estimate of drug-likeness (QED) is 0.261. The first kappa shape index (κ1) is 21.7. The molecule has 0 spiro atoms. The molecule has 0 atom stereocenters. The highest BCUT2D eigenvalue weighted by atomic mass is 16.3. The molecule has 0 fully saturated rings. The Morgan fingerprint density at radius 3 is 2.83 bits per heavy atom. The average molecular weight is 478 g/mol. The third kappa shape index (κ3) is 4.00. The average Bonchev–Trinajstić information content (AvgIpc) is 3.66. The molecular weight excluding hydrogens is 454 g/mol. The summed E-state index contributed by atoms with van der Waals surface area (Å²) in [6.07, 6.45) is 10.8. The van der Waals surface area contributed by atoms with Gasteiger partial charge >= 0.3 is 0 Å². The molecule has 0 aliphatic carbocycles. The van der Waals surface area contributed by atoms with Gasteiger partial charge in [-0.1, -0.05) is 19.4 Å². The number of hydrogen-bond acceptors (Lipinski definition) is 6. The summed E-state index contributed by atoms with van der Waals surface area (Å²) in [4.78, 5) is 29.2. The van der Waals surface area contributed by atoms with Crippen molar-refractivity contribution in [3.63, 3.8) is 0 Å². The number of benzene rings is 1. The van der Waals surface area contributed by atoms with Crippen LogP contribution in [0.2, 0.25) is 0 Å². The van der Waals surface area contributed by atoms with Crippen LogP contribution in [0.15, 0.2) is 71.9 Å². The van der Waals surface area contributed by atoms with Gasteiger partial charge in [-0.2, -0.15) is 5.10 Å². The third-order valence-corrected chi connectivity index (χ3v) is 6.10. The SMILES string of the molecule is CCCCC(=O)Nc1cncc(-c2ccc3[nH]nc(-c4nc5c(-c6ccoc6)nccc5[nH]4)c3c2)c1. The van der Waals surface area contributed by atoms with E-state index in [9.17, 15) is 4.79 Å². The van der Waals surface area contributed by atoms with Crippen LogP contribution in [-0.2, 0) is 4.79 Å². The van der Waals surface area contributed by atoms with Crippen LogP contribution in [0.25, 0.3) is 55.8 Å². The van der Waals surface area contributed by atoms with Crippen molar-refractivity contribution in [2.75, 3.05) is 5.32 Å². The molecule has 0 aliphatic rings. The molecule has 1 amide bonds. The maximum Gasteiger partial charge on any atom is 0.224 e. The van der Waals surface area contributed by atoms with Gasteiger partial charge in [0.25, 0.3) is 0 Å². The first-order chi connectivity index (χ1) is 17.7. The van der Waals surface area contributed by atoms with Crippen LogP contribution in [-0.4, -0.2) is 36.0 Å². The third-order valence-electron chi connectivity index (χ3n) is 6.10. The predicted octanol–water partition coefficient (Wildman–Crippen LogP) is 5.95. The summed E-state index contributed by atoms with van der Waals surface area (Å²) in [5, 5.41) is 11.5. The Balaban J connectivity index is 1.37. The zero-order valence-corrected chi connectivity index (χ0v) is 19.6. The van der Waals surface area contributed by atoms with E-state index in [1.54, 1.807) is 31.1 Å². The standard InChI is InChI=1S/C27H23N7O2/c1-2-3-4-23(35)30-19-11-18(13-28-14-19)16-5-6-21-20(12-16)25(34-33-21)27-31-22-7-9-29-24(26(22)32-27)17-8-10-36-15-17/h5-15H,2-4H2,1H3,(H,30,35)(H,31,32)(H,33,34). The second-order valence-electron chi connectivity index (χ2n) is 8.60. The molecular formula is C27H23N7O2. The molecule has 3 N–H and O–H groups in total. The van der Waals surface area contributed by atoms with E-state index in [0.717, 1.165) is 57.2 Å². The van der Waals surface area contributed by atoms with Crippen LogP contribution in [0.5, 0.6) is 0 Å². The fourth-order valence-corrected chi connectivity index (χ4v) is 4.26. The number of amides is 1. The highest BCUT2D eigenvalue weighted by Gasteiger charge is 2.17. The Hall–Kier alpha value is -4.79. The second kappa shape index (κ2) is 9.10. The Bertz CT molecular complexity index is 1680. The van der Waals surface area contributed by atoms with Gasteiger partial charge < -0.3 is 14.7 Å². The Morgan fingerprint density at radius 1 is 1.03 bits per heavy atom. The highest BCUT2D eigenvalue weighted by Crippen LogP contribution is 2.32. The molecule has 0 saturated heterocycles. The topological polar surface area (TPSA) is 125 Å². The van der Waals surface area contributed by atoms with E-state index in [1.165, 1.54) is 0 Å². The molecule has 0 radical (unpaired) electrons. The Labute approximate surface area is 206 Å². The maximum atomic E-state index is 12.2. The molecule has 9 nitrogen and oxygen atoms in total. The van der Waals surface area contributed by atoms with Gasteiger partial charge in [0.15, 0.2) is 5.82 Å². The van der Waals surface area contributed by atoms with Gasteiger partial charge in [0.05, 0.1) is 35.4 Å². The van der Waals surface area contributed by atoms with E-state index in [1.807, 2.05) is 30.3 Å². The highest BCUT2D eigenvalue weighted by molar-refractivity contribution is 5.98. The molecule has 1 aromatic carbocycles. The minimum absolute atomic E-state index is 0.00228. The van der Waals surface area contributed by atoms with E-state index in [2.05, 4.69) is 43.5 Å². The molecule has 0 bridgehead atoms. The molecule has 6 aromatic rings. The lowest BCUT2D eigenvalue weighted by molar-refractivity contribution is -0.116. The lowest BCUT2D eigenvalue weighted by atomic mass is 10.0. The van der Waals surface area contributed by atoms with E-state index in [4.69, 9.17) is 9.40 Å². The Morgan fingerprint density at radius 2 is 1.97 bits per heavy atom. The fraction of sp³-hybridized carbons (Fsp3) is 0.148. The van der Waals surface area contributed by atoms with Crippen molar-refractivity contribution in [1.82, 2.24) is 30.1 Å². The number of carbonyl (C=O) groups is 1. The number of nitrogens with zero attached hydrogens (tertiary/aromatic N) is 4. The summed E-state index contributed by atoms with van der Waals surface area (Å²) in [6.45, 7) is 2.07. The number of anilines is 1. The molecule has 5 heterocycles. The first-order valence-corrected chi connectivity index (χ1v) is 11.8. The molecule has 0 aliphatic heterocycles. The molecule has 36 heavy (non-hydrogen) atoms. The van der Waals surface area contributed by atoms with Crippen LogP contribution in [0.4, 0.5) is 5.69 Å². The fourth-order valence-electron chi connectivity index (χ4n) is 4.26. The molecule has 0 saturated carbocycles.